The van der Waals surface area contributed by atoms with E-state index in [4.69, 9.17) is 11.6 Å². The Labute approximate surface area is 145 Å². The summed E-state index contributed by atoms with van der Waals surface area (Å²) in [5.41, 5.74) is 1.76. The van der Waals surface area contributed by atoms with E-state index >= 15 is 0 Å². The Bertz CT molecular complexity index is 708. The van der Waals surface area contributed by atoms with Gasteiger partial charge in [-0.2, -0.15) is 0 Å². The van der Waals surface area contributed by atoms with Gasteiger partial charge in [-0.15, -0.1) is 11.3 Å². The van der Waals surface area contributed by atoms with Gasteiger partial charge in [0.2, 0.25) is 0 Å². The zero-order valence-electron chi connectivity index (χ0n) is 13.4. The van der Waals surface area contributed by atoms with Crippen LogP contribution in [0, 0.1) is 6.92 Å². The molecule has 1 saturated heterocycles. The lowest BCUT2D eigenvalue weighted by atomic mass is 10.2. The highest BCUT2D eigenvalue weighted by atomic mass is 35.5. The summed E-state index contributed by atoms with van der Waals surface area (Å²) in [4.78, 5) is 22.4. The van der Waals surface area contributed by atoms with Crippen LogP contribution in [0.25, 0.3) is 10.6 Å². The molecule has 1 aromatic carbocycles. The molecule has 0 N–H and O–H groups in total. The predicted octanol–water partition coefficient (Wildman–Crippen LogP) is 3.55. The van der Waals surface area contributed by atoms with E-state index in [-0.39, 0.29) is 5.91 Å². The number of halogens is 1. The summed E-state index contributed by atoms with van der Waals surface area (Å²) in [5.74, 6) is 0.101. The summed E-state index contributed by atoms with van der Waals surface area (Å²) in [5, 5.41) is 1.53. The maximum atomic E-state index is 12.8. The molecule has 2 aromatic rings. The number of likely N-dealkylation sites (N-methyl/N-ethyl adjacent to an activating group) is 1. The van der Waals surface area contributed by atoms with Gasteiger partial charge >= 0.3 is 0 Å². The third kappa shape index (κ3) is 3.57. The smallest absolute Gasteiger partial charge is 0.265 e. The van der Waals surface area contributed by atoms with E-state index in [1.807, 2.05) is 36.1 Å². The number of thiazole rings is 1. The predicted molar refractivity (Wildman–Crippen MR) is 95.3 cm³/mol. The number of aryl methyl sites for hydroxylation is 1. The molecule has 23 heavy (non-hydrogen) atoms. The van der Waals surface area contributed by atoms with Gasteiger partial charge in [0.05, 0.1) is 5.69 Å². The van der Waals surface area contributed by atoms with Gasteiger partial charge in [-0.3, -0.25) is 4.79 Å². The van der Waals surface area contributed by atoms with Crippen molar-refractivity contribution < 1.29 is 4.79 Å². The van der Waals surface area contributed by atoms with E-state index < -0.39 is 0 Å². The second kappa shape index (κ2) is 6.99. The van der Waals surface area contributed by atoms with Gasteiger partial charge in [-0.1, -0.05) is 30.7 Å². The maximum Gasteiger partial charge on any atom is 0.265 e. The van der Waals surface area contributed by atoms with Crippen molar-refractivity contribution in [2.75, 3.05) is 32.7 Å². The molecule has 1 amide bonds. The molecule has 0 spiro atoms. The van der Waals surface area contributed by atoms with Gasteiger partial charge in [0, 0.05) is 36.8 Å². The first-order chi connectivity index (χ1) is 11.1. The lowest BCUT2D eigenvalue weighted by molar-refractivity contribution is 0.0647. The minimum absolute atomic E-state index is 0.101. The Morgan fingerprint density at radius 2 is 2.04 bits per heavy atom. The Morgan fingerprint density at radius 1 is 1.30 bits per heavy atom. The SMILES string of the molecule is CCN1CCN(C(=O)c2sc(-c3cccc(Cl)c3)nc2C)CC1. The number of benzene rings is 1. The molecule has 1 aromatic heterocycles. The number of rotatable bonds is 3. The van der Waals surface area contributed by atoms with E-state index in [1.54, 1.807) is 0 Å². The zero-order valence-corrected chi connectivity index (χ0v) is 15.0. The van der Waals surface area contributed by atoms with Crippen LogP contribution < -0.4 is 0 Å². The highest BCUT2D eigenvalue weighted by molar-refractivity contribution is 7.17. The summed E-state index contributed by atoms with van der Waals surface area (Å²) in [7, 11) is 0. The number of piperazine rings is 1. The van der Waals surface area contributed by atoms with Crippen LogP contribution in [0.2, 0.25) is 5.02 Å². The van der Waals surface area contributed by atoms with E-state index in [2.05, 4.69) is 16.8 Å². The molecule has 2 heterocycles. The van der Waals surface area contributed by atoms with Gasteiger partial charge in [0.1, 0.15) is 9.88 Å². The van der Waals surface area contributed by atoms with Gasteiger partial charge in [0.15, 0.2) is 0 Å². The summed E-state index contributed by atoms with van der Waals surface area (Å²) in [6.45, 7) is 8.57. The van der Waals surface area contributed by atoms with Crippen molar-refractivity contribution in [2.45, 2.75) is 13.8 Å². The number of hydrogen-bond acceptors (Lipinski definition) is 4. The molecule has 0 atom stereocenters. The summed E-state index contributed by atoms with van der Waals surface area (Å²) >= 11 is 7.51. The Balaban J connectivity index is 1.80. The van der Waals surface area contributed by atoms with Crippen LogP contribution >= 0.6 is 22.9 Å². The fraction of sp³-hybridized carbons (Fsp3) is 0.412. The summed E-state index contributed by atoms with van der Waals surface area (Å²) in [6.07, 6.45) is 0. The van der Waals surface area contributed by atoms with Gasteiger partial charge < -0.3 is 9.80 Å². The van der Waals surface area contributed by atoms with Gasteiger partial charge in [-0.25, -0.2) is 4.98 Å². The van der Waals surface area contributed by atoms with Crippen LogP contribution in [0.1, 0.15) is 22.3 Å². The van der Waals surface area contributed by atoms with Crippen LogP contribution in [0.4, 0.5) is 0 Å². The van der Waals surface area contributed by atoms with Crippen molar-refractivity contribution >= 4 is 28.8 Å². The Morgan fingerprint density at radius 3 is 2.70 bits per heavy atom. The van der Waals surface area contributed by atoms with Crippen molar-refractivity contribution in [3.05, 3.63) is 39.9 Å². The number of carbonyl (C=O) groups excluding carboxylic acids is 1. The van der Waals surface area contributed by atoms with Crippen LogP contribution in [0.3, 0.4) is 0 Å². The van der Waals surface area contributed by atoms with E-state index in [9.17, 15) is 4.79 Å². The van der Waals surface area contributed by atoms with Crippen LogP contribution in [-0.2, 0) is 0 Å². The number of carbonyl (C=O) groups is 1. The third-order valence-corrected chi connectivity index (χ3v) is 5.60. The molecule has 1 fully saturated rings. The van der Waals surface area contributed by atoms with Crippen molar-refractivity contribution in [3.63, 3.8) is 0 Å². The second-order valence-electron chi connectivity index (χ2n) is 5.67. The molecule has 0 radical (unpaired) electrons. The zero-order chi connectivity index (χ0) is 16.4. The molecule has 1 aliphatic heterocycles. The molecular formula is C17H20ClN3OS. The molecule has 0 aliphatic carbocycles. The fourth-order valence-electron chi connectivity index (χ4n) is 2.75. The van der Waals surface area contributed by atoms with Crippen molar-refractivity contribution in [1.82, 2.24) is 14.8 Å². The number of nitrogens with zero attached hydrogens (tertiary/aromatic N) is 3. The van der Waals surface area contributed by atoms with E-state index in [0.717, 1.165) is 53.9 Å². The lowest BCUT2D eigenvalue weighted by Gasteiger charge is -2.33. The molecule has 0 unspecified atom stereocenters. The number of amides is 1. The van der Waals surface area contributed by atoms with Crippen LogP contribution in [0.15, 0.2) is 24.3 Å². The summed E-state index contributed by atoms with van der Waals surface area (Å²) in [6, 6.07) is 7.59. The van der Waals surface area contributed by atoms with Gasteiger partial charge in [-0.05, 0) is 25.6 Å². The standard InChI is InChI=1S/C17H20ClN3OS/c1-3-20-7-9-21(10-8-20)17(22)15-12(2)19-16(23-15)13-5-4-6-14(18)11-13/h4-6,11H,3,7-10H2,1-2H3. The fourth-order valence-corrected chi connectivity index (χ4v) is 3.97. The highest BCUT2D eigenvalue weighted by Crippen LogP contribution is 2.30. The highest BCUT2D eigenvalue weighted by Gasteiger charge is 2.25. The van der Waals surface area contributed by atoms with E-state index in [0.29, 0.717) is 5.02 Å². The Hall–Kier alpha value is -1.43. The molecule has 122 valence electrons. The normalized spacial score (nSPS) is 15.9. The monoisotopic (exact) mass is 349 g/mol. The van der Waals surface area contributed by atoms with E-state index in [1.165, 1.54) is 11.3 Å². The molecule has 6 heteroatoms. The number of hydrogen-bond donors (Lipinski definition) is 0. The molecule has 1 aliphatic rings. The molecule has 3 rings (SSSR count). The van der Waals surface area contributed by atoms with Crippen LogP contribution in [-0.4, -0.2) is 53.4 Å². The maximum absolute atomic E-state index is 12.8. The van der Waals surface area contributed by atoms with Crippen molar-refractivity contribution in [2.24, 2.45) is 0 Å². The van der Waals surface area contributed by atoms with Crippen molar-refractivity contribution in [1.29, 1.82) is 0 Å². The van der Waals surface area contributed by atoms with Crippen molar-refractivity contribution in [3.8, 4) is 10.6 Å². The minimum atomic E-state index is 0.101. The van der Waals surface area contributed by atoms with Gasteiger partial charge in [0.25, 0.3) is 5.91 Å². The average molecular weight is 350 g/mol. The lowest BCUT2D eigenvalue weighted by Crippen LogP contribution is -2.48. The first-order valence-corrected chi connectivity index (χ1v) is 9.03. The molecular weight excluding hydrogens is 330 g/mol. The second-order valence-corrected chi connectivity index (χ2v) is 7.11. The molecule has 4 nitrogen and oxygen atoms in total. The van der Waals surface area contributed by atoms with Crippen LogP contribution in [0.5, 0.6) is 0 Å². The average Bonchev–Trinajstić information content (AvgIpc) is 2.96. The first kappa shape index (κ1) is 16.4. The molecule has 0 bridgehead atoms. The Kier molecular flexibility index (Phi) is 4.99. The third-order valence-electron chi connectivity index (χ3n) is 4.17. The number of aromatic nitrogens is 1. The molecule has 0 saturated carbocycles. The summed E-state index contributed by atoms with van der Waals surface area (Å²) < 4.78 is 0. The quantitative estimate of drug-likeness (QED) is 0.850. The minimum Gasteiger partial charge on any atom is -0.335 e. The topological polar surface area (TPSA) is 36.4 Å². The largest absolute Gasteiger partial charge is 0.335 e. The first-order valence-electron chi connectivity index (χ1n) is 7.83.